The number of imidazole rings is 1. The maximum Gasteiger partial charge on any atom is 0.410 e. The third kappa shape index (κ3) is 6.56. The lowest BCUT2D eigenvalue weighted by Crippen LogP contribution is -2.36. The molecule has 2 saturated heterocycles. The number of fused-ring (bicyclic) bond motifs is 3. The van der Waals surface area contributed by atoms with Gasteiger partial charge in [-0.3, -0.25) is 9.20 Å². The number of aromatic nitrogens is 3. The smallest absolute Gasteiger partial charge is 0.410 e. The molecule has 0 bridgehead atoms. The van der Waals surface area contributed by atoms with Gasteiger partial charge in [-0.1, -0.05) is 17.4 Å². The number of rotatable bonds is 7. The predicted molar refractivity (Wildman–Crippen MR) is 166 cm³/mol. The van der Waals surface area contributed by atoms with E-state index in [0.29, 0.717) is 47.8 Å². The highest BCUT2D eigenvalue weighted by Crippen LogP contribution is 2.36. The van der Waals surface area contributed by atoms with Gasteiger partial charge in [-0.05, 0) is 83.2 Å². The van der Waals surface area contributed by atoms with E-state index in [-0.39, 0.29) is 18.0 Å². The number of ether oxygens (including phenoxy) is 1. The Balaban J connectivity index is 1.12. The van der Waals surface area contributed by atoms with E-state index >= 15 is 4.39 Å². The molecule has 2 amide bonds. The van der Waals surface area contributed by atoms with Crippen LogP contribution in [-0.2, 0) is 4.74 Å². The molecule has 1 unspecified atom stereocenters. The molecule has 12 heteroatoms. The van der Waals surface area contributed by atoms with Crippen molar-refractivity contribution in [3.8, 4) is 11.3 Å². The third-order valence-electron chi connectivity index (χ3n) is 8.20. The van der Waals surface area contributed by atoms with Crippen LogP contribution in [0.4, 0.5) is 13.6 Å². The number of halogens is 2. The quantitative estimate of drug-likeness (QED) is 0.240. The number of nitrogens with zero attached hydrogens (tertiary/aromatic N) is 5. The summed E-state index contributed by atoms with van der Waals surface area (Å²) in [6.07, 6.45) is 5.89. The van der Waals surface area contributed by atoms with Gasteiger partial charge in [0.15, 0.2) is 4.96 Å². The Morgan fingerprint density at radius 1 is 1.14 bits per heavy atom. The second-order valence-corrected chi connectivity index (χ2v) is 13.6. The van der Waals surface area contributed by atoms with E-state index < -0.39 is 17.6 Å². The largest absolute Gasteiger partial charge is 0.444 e. The molecule has 2 fully saturated rings. The number of nitrogens with one attached hydrogen (secondary N) is 1. The van der Waals surface area contributed by atoms with Crippen molar-refractivity contribution in [3.63, 3.8) is 0 Å². The van der Waals surface area contributed by atoms with Crippen LogP contribution in [0.15, 0.2) is 36.7 Å². The van der Waals surface area contributed by atoms with Crippen LogP contribution in [-0.4, -0.2) is 80.7 Å². The van der Waals surface area contributed by atoms with Gasteiger partial charge in [0, 0.05) is 37.9 Å². The van der Waals surface area contributed by atoms with Crippen LogP contribution < -0.4 is 5.32 Å². The first-order chi connectivity index (χ1) is 21.1. The van der Waals surface area contributed by atoms with Crippen LogP contribution in [0.3, 0.4) is 0 Å². The van der Waals surface area contributed by atoms with Gasteiger partial charge in [0.2, 0.25) is 0 Å². The number of amides is 2. The van der Waals surface area contributed by atoms with Crippen molar-refractivity contribution in [2.75, 3.05) is 32.7 Å². The van der Waals surface area contributed by atoms with Crippen LogP contribution in [0.5, 0.6) is 0 Å². The second kappa shape index (κ2) is 12.4. The van der Waals surface area contributed by atoms with Gasteiger partial charge < -0.3 is 19.9 Å². The van der Waals surface area contributed by atoms with E-state index in [1.165, 1.54) is 17.4 Å². The van der Waals surface area contributed by atoms with Crippen LogP contribution in [0.2, 0.25) is 0 Å². The number of benzene rings is 1. The van der Waals surface area contributed by atoms with E-state index in [2.05, 4.69) is 20.2 Å². The van der Waals surface area contributed by atoms with Gasteiger partial charge in [0.25, 0.3) is 5.91 Å². The Morgan fingerprint density at radius 3 is 2.68 bits per heavy atom. The standard InChI is InChI=1S/C32H38F2N6O3S/c1-32(2,3)43-31(42)39-13-4-6-26(39)20-7-8-22(23(34)16-20)25-19-40-27-18-36-24(17-28(27)44-30(40)37-25)29(41)35-11-5-12-38-14-9-21(33)10-15-38/h7-8,16-19,21,26H,4-6,9-15H2,1-3H3,(H,35,41). The summed E-state index contributed by atoms with van der Waals surface area (Å²) in [7, 11) is 0. The average Bonchev–Trinajstić information content (AvgIpc) is 3.70. The average molecular weight is 625 g/mol. The fourth-order valence-corrected chi connectivity index (χ4v) is 6.99. The fourth-order valence-electron chi connectivity index (χ4n) is 5.97. The maximum atomic E-state index is 15.5. The van der Waals surface area contributed by atoms with Crippen molar-refractivity contribution in [2.45, 2.75) is 70.7 Å². The molecule has 2 aliphatic heterocycles. The maximum absolute atomic E-state index is 15.5. The second-order valence-electron chi connectivity index (χ2n) is 12.6. The van der Waals surface area contributed by atoms with Gasteiger partial charge in [-0.15, -0.1) is 0 Å². The lowest BCUT2D eigenvalue weighted by molar-refractivity contribution is 0.0224. The van der Waals surface area contributed by atoms with Crippen molar-refractivity contribution >= 4 is 38.5 Å². The highest BCUT2D eigenvalue weighted by Gasteiger charge is 2.33. The molecule has 5 heterocycles. The normalized spacial score (nSPS) is 18.4. The molecular weight excluding hydrogens is 586 g/mol. The zero-order valence-electron chi connectivity index (χ0n) is 25.3. The first-order valence-corrected chi connectivity index (χ1v) is 16.1. The van der Waals surface area contributed by atoms with Crippen molar-refractivity contribution in [1.29, 1.82) is 0 Å². The Kier molecular flexibility index (Phi) is 8.56. The molecule has 4 aromatic rings. The van der Waals surface area contributed by atoms with Crippen LogP contribution in [0.1, 0.15) is 75.0 Å². The minimum absolute atomic E-state index is 0.236. The molecule has 1 atom stereocenters. The molecule has 3 aromatic heterocycles. The van der Waals surface area contributed by atoms with Crippen molar-refractivity contribution in [3.05, 3.63) is 53.7 Å². The van der Waals surface area contributed by atoms with E-state index in [9.17, 15) is 14.0 Å². The molecule has 1 aromatic carbocycles. The number of carbonyl (C=O) groups excluding carboxylic acids is 2. The number of carbonyl (C=O) groups is 2. The number of pyridine rings is 1. The lowest BCUT2D eigenvalue weighted by atomic mass is 10.0. The summed E-state index contributed by atoms with van der Waals surface area (Å²) >= 11 is 1.41. The molecule has 234 valence electrons. The topological polar surface area (TPSA) is 92.1 Å². The van der Waals surface area contributed by atoms with Crippen LogP contribution in [0, 0.1) is 5.82 Å². The van der Waals surface area contributed by atoms with Gasteiger partial charge in [0.1, 0.15) is 23.3 Å². The molecular formula is C32H38F2N6O3S. The molecule has 6 rings (SSSR count). The Bertz CT molecular complexity index is 1670. The first-order valence-electron chi connectivity index (χ1n) is 15.3. The van der Waals surface area contributed by atoms with E-state index in [1.807, 2.05) is 31.2 Å². The lowest BCUT2D eigenvalue weighted by Gasteiger charge is -2.29. The molecule has 1 N–H and O–H groups in total. The minimum atomic E-state index is -0.687. The van der Waals surface area contributed by atoms with Gasteiger partial charge in [-0.2, -0.15) is 0 Å². The van der Waals surface area contributed by atoms with Crippen LogP contribution >= 0.6 is 11.3 Å². The summed E-state index contributed by atoms with van der Waals surface area (Å²) in [5.41, 5.74) is 2.12. The molecule has 9 nitrogen and oxygen atoms in total. The third-order valence-corrected chi connectivity index (χ3v) is 9.22. The number of alkyl halides is 1. The van der Waals surface area contributed by atoms with E-state index in [0.717, 1.165) is 54.7 Å². The fraction of sp³-hybridized carbons (Fsp3) is 0.500. The van der Waals surface area contributed by atoms with E-state index in [4.69, 9.17) is 4.74 Å². The molecule has 2 aliphatic rings. The van der Waals surface area contributed by atoms with Gasteiger partial charge in [0.05, 0.1) is 28.1 Å². The number of hydrogen-bond acceptors (Lipinski definition) is 7. The van der Waals surface area contributed by atoms with Crippen molar-refractivity contribution < 1.29 is 23.1 Å². The summed E-state index contributed by atoms with van der Waals surface area (Å²) in [6, 6.07) is 6.58. The van der Waals surface area contributed by atoms with E-state index in [1.54, 1.807) is 29.4 Å². The Labute approximate surface area is 259 Å². The monoisotopic (exact) mass is 624 g/mol. The van der Waals surface area contributed by atoms with Crippen molar-refractivity contribution in [1.82, 2.24) is 29.5 Å². The minimum Gasteiger partial charge on any atom is -0.444 e. The van der Waals surface area contributed by atoms with Crippen molar-refractivity contribution in [2.24, 2.45) is 0 Å². The SMILES string of the molecule is CC(C)(C)OC(=O)N1CCCC1c1ccc(-c2cn3c(n2)sc2cc(C(=O)NCCCN4CCC(F)CC4)ncc23)c(F)c1. The molecule has 0 radical (unpaired) electrons. The predicted octanol–water partition coefficient (Wildman–Crippen LogP) is 6.38. The summed E-state index contributed by atoms with van der Waals surface area (Å²) in [5.74, 6) is -0.645. The zero-order valence-corrected chi connectivity index (χ0v) is 26.1. The molecule has 0 saturated carbocycles. The highest BCUT2D eigenvalue weighted by molar-refractivity contribution is 7.23. The Morgan fingerprint density at radius 2 is 1.93 bits per heavy atom. The summed E-state index contributed by atoms with van der Waals surface area (Å²) < 4.78 is 37.1. The van der Waals surface area contributed by atoms with Crippen LogP contribution in [0.25, 0.3) is 26.4 Å². The van der Waals surface area contributed by atoms with Gasteiger partial charge >= 0.3 is 6.09 Å². The first kappa shape index (κ1) is 30.4. The highest BCUT2D eigenvalue weighted by atomic mass is 32.1. The summed E-state index contributed by atoms with van der Waals surface area (Å²) in [6.45, 7) is 8.96. The van der Waals surface area contributed by atoms with Gasteiger partial charge in [-0.25, -0.2) is 23.5 Å². The zero-order chi connectivity index (χ0) is 31.0. The summed E-state index contributed by atoms with van der Waals surface area (Å²) in [5, 5.41) is 2.93. The number of likely N-dealkylation sites (tertiary alicyclic amines) is 2. The number of piperidine rings is 1. The number of thiazole rings is 1. The summed E-state index contributed by atoms with van der Waals surface area (Å²) in [4.78, 5) is 39.1. The molecule has 0 aliphatic carbocycles. The number of hydrogen-bond donors (Lipinski definition) is 1. The molecule has 0 spiro atoms. The Hall–Kier alpha value is -3.64. The molecule has 44 heavy (non-hydrogen) atoms.